The van der Waals surface area contributed by atoms with Crippen LogP contribution in [-0.4, -0.2) is 34.9 Å². The quantitative estimate of drug-likeness (QED) is 0.800. The van der Waals surface area contributed by atoms with Crippen LogP contribution in [0.15, 0.2) is 59.7 Å². The van der Waals surface area contributed by atoms with E-state index >= 15 is 0 Å². The predicted octanol–water partition coefficient (Wildman–Crippen LogP) is 3.24. The van der Waals surface area contributed by atoms with E-state index in [0.29, 0.717) is 24.2 Å². The average Bonchev–Trinajstić information content (AvgIpc) is 3.17. The lowest BCUT2D eigenvalue weighted by atomic mass is 10.1. The third-order valence-corrected chi connectivity index (χ3v) is 4.34. The lowest BCUT2D eigenvalue weighted by Gasteiger charge is -2.11. The van der Waals surface area contributed by atoms with Gasteiger partial charge in [-0.15, -0.1) is 0 Å². The van der Waals surface area contributed by atoms with Gasteiger partial charge < -0.3 is 5.32 Å². The van der Waals surface area contributed by atoms with Gasteiger partial charge in [-0.1, -0.05) is 30.3 Å². The van der Waals surface area contributed by atoms with Gasteiger partial charge in [-0.05, 0) is 36.8 Å². The zero-order chi connectivity index (χ0) is 19.2. The van der Waals surface area contributed by atoms with E-state index in [-0.39, 0.29) is 30.4 Å². The summed E-state index contributed by atoms with van der Waals surface area (Å²) in [5, 5.41) is 8.56. The minimum absolute atomic E-state index is 0.0282. The number of rotatable bonds is 6. The molecule has 0 saturated heterocycles. The summed E-state index contributed by atoms with van der Waals surface area (Å²) in [6.07, 6.45) is 0.896. The van der Waals surface area contributed by atoms with Crippen molar-refractivity contribution in [3.63, 3.8) is 0 Å². The van der Waals surface area contributed by atoms with E-state index < -0.39 is 0 Å². The van der Waals surface area contributed by atoms with Gasteiger partial charge in [-0.2, -0.15) is 5.10 Å². The Labute approximate surface area is 157 Å². The van der Waals surface area contributed by atoms with Crippen molar-refractivity contribution in [3.8, 4) is 0 Å². The second kappa shape index (κ2) is 8.40. The third kappa shape index (κ3) is 4.88. The van der Waals surface area contributed by atoms with Crippen LogP contribution in [-0.2, 0) is 9.59 Å². The second-order valence-corrected chi connectivity index (χ2v) is 6.36. The first kappa shape index (κ1) is 18.5. The van der Waals surface area contributed by atoms with E-state index in [1.54, 1.807) is 24.3 Å². The van der Waals surface area contributed by atoms with Gasteiger partial charge in [0.15, 0.2) is 5.78 Å². The number of nitrogens with one attached hydrogen (secondary N) is 1. The number of carbonyl (C=O) groups is 3. The monoisotopic (exact) mass is 363 g/mol. The maximum absolute atomic E-state index is 12.3. The number of anilines is 1. The number of ketones is 1. The molecule has 1 heterocycles. The van der Waals surface area contributed by atoms with Crippen molar-refractivity contribution in [2.45, 2.75) is 26.2 Å². The van der Waals surface area contributed by atoms with Crippen LogP contribution in [0.25, 0.3) is 0 Å². The molecule has 2 aromatic rings. The summed E-state index contributed by atoms with van der Waals surface area (Å²) in [5.74, 6) is -0.437. The van der Waals surface area contributed by atoms with Crippen molar-refractivity contribution in [2.75, 3.05) is 11.9 Å². The van der Waals surface area contributed by atoms with Crippen molar-refractivity contribution < 1.29 is 14.4 Å². The maximum Gasteiger partial charge on any atom is 0.243 e. The Bertz CT molecular complexity index is 873. The zero-order valence-corrected chi connectivity index (χ0v) is 15.1. The topological polar surface area (TPSA) is 78.8 Å². The molecular formula is C21H21N3O3. The number of hydrogen-bond donors (Lipinski definition) is 1. The highest BCUT2D eigenvalue weighted by Gasteiger charge is 2.21. The Balaban J connectivity index is 1.49. The molecule has 0 radical (unpaired) electrons. The van der Waals surface area contributed by atoms with Gasteiger partial charge in [0.2, 0.25) is 11.8 Å². The van der Waals surface area contributed by atoms with Gasteiger partial charge in [0, 0.05) is 30.5 Å². The first-order valence-corrected chi connectivity index (χ1v) is 8.87. The van der Waals surface area contributed by atoms with Gasteiger partial charge in [-0.25, -0.2) is 5.01 Å². The molecule has 0 aliphatic carbocycles. The van der Waals surface area contributed by atoms with Crippen LogP contribution in [0.1, 0.15) is 42.1 Å². The van der Waals surface area contributed by atoms with Crippen LogP contribution in [0, 0.1) is 0 Å². The number of amides is 2. The number of benzene rings is 2. The number of nitrogens with zero attached hydrogens (tertiary/aromatic N) is 2. The maximum atomic E-state index is 12.3. The van der Waals surface area contributed by atoms with E-state index in [1.807, 2.05) is 30.3 Å². The van der Waals surface area contributed by atoms with Crippen molar-refractivity contribution in [3.05, 3.63) is 65.7 Å². The molecule has 1 aliphatic rings. The number of hydrogen-bond acceptors (Lipinski definition) is 4. The van der Waals surface area contributed by atoms with Crippen molar-refractivity contribution in [1.82, 2.24) is 5.01 Å². The van der Waals surface area contributed by atoms with Gasteiger partial charge in [0.05, 0.1) is 12.3 Å². The lowest BCUT2D eigenvalue weighted by molar-refractivity contribution is -0.132. The average molecular weight is 363 g/mol. The first-order valence-electron chi connectivity index (χ1n) is 8.87. The van der Waals surface area contributed by atoms with Crippen LogP contribution in [0.2, 0.25) is 0 Å². The summed E-state index contributed by atoms with van der Waals surface area (Å²) in [4.78, 5) is 35.6. The van der Waals surface area contributed by atoms with Crippen LogP contribution in [0.4, 0.5) is 5.69 Å². The summed E-state index contributed by atoms with van der Waals surface area (Å²) in [6, 6.07) is 16.4. The minimum atomic E-state index is -0.245. The number of hydrazone groups is 1. The summed E-state index contributed by atoms with van der Waals surface area (Å²) in [5.41, 5.74) is 3.09. The second-order valence-electron chi connectivity index (χ2n) is 6.36. The van der Waals surface area contributed by atoms with Crippen LogP contribution >= 0.6 is 0 Å². The van der Waals surface area contributed by atoms with E-state index in [2.05, 4.69) is 10.4 Å². The number of Topliss-reactive ketones (excluding diaryl/α,β-unsaturated/α-hetero) is 1. The highest BCUT2D eigenvalue weighted by Crippen LogP contribution is 2.15. The summed E-state index contributed by atoms with van der Waals surface area (Å²) < 4.78 is 0. The molecule has 3 rings (SSSR count). The molecule has 138 valence electrons. The molecule has 27 heavy (non-hydrogen) atoms. The lowest BCUT2D eigenvalue weighted by Crippen LogP contribution is -2.25. The molecule has 1 aliphatic heterocycles. The van der Waals surface area contributed by atoms with Gasteiger partial charge >= 0.3 is 0 Å². The SMILES string of the molecule is CC(=O)c1ccc(NC(=O)CCC(=O)N2CCC(c3ccccc3)=N2)cc1. The highest BCUT2D eigenvalue weighted by atomic mass is 16.2. The smallest absolute Gasteiger partial charge is 0.243 e. The Hall–Kier alpha value is -3.28. The summed E-state index contributed by atoms with van der Waals surface area (Å²) >= 11 is 0. The Kier molecular flexibility index (Phi) is 5.76. The fourth-order valence-electron chi connectivity index (χ4n) is 2.83. The standard InChI is InChI=1S/C21H21N3O3/c1-15(25)16-7-9-18(10-8-16)22-20(26)11-12-21(27)24-14-13-19(23-24)17-5-3-2-4-6-17/h2-10H,11-14H2,1H3,(H,22,26). The molecule has 0 atom stereocenters. The van der Waals surface area contributed by atoms with Crippen molar-refractivity contribution >= 4 is 29.0 Å². The van der Waals surface area contributed by atoms with Crippen LogP contribution < -0.4 is 5.32 Å². The molecule has 6 heteroatoms. The molecular weight excluding hydrogens is 342 g/mol. The van der Waals surface area contributed by atoms with Crippen molar-refractivity contribution in [1.29, 1.82) is 0 Å². The highest BCUT2D eigenvalue weighted by molar-refractivity contribution is 6.03. The molecule has 0 saturated carbocycles. The molecule has 1 N–H and O–H groups in total. The van der Waals surface area contributed by atoms with E-state index in [0.717, 1.165) is 11.3 Å². The third-order valence-electron chi connectivity index (χ3n) is 4.34. The fourth-order valence-corrected chi connectivity index (χ4v) is 2.83. The van der Waals surface area contributed by atoms with Gasteiger partial charge in [0.1, 0.15) is 0 Å². The molecule has 0 bridgehead atoms. The molecule has 2 aromatic carbocycles. The van der Waals surface area contributed by atoms with E-state index in [9.17, 15) is 14.4 Å². The minimum Gasteiger partial charge on any atom is -0.326 e. The molecule has 0 fully saturated rings. The summed E-state index contributed by atoms with van der Waals surface area (Å²) in [7, 11) is 0. The van der Waals surface area contributed by atoms with Gasteiger partial charge in [-0.3, -0.25) is 14.4 Å². The normalized spacial score (nSPS) is 13.2. The van der Waals surface area contributed by atoms with E-state index in [1.165, 1.54) is 11.9 Å². The van der Waals surface area contributed by atoms with E-state index in [4.69, 9.17) is 0 Å². The molecule has 0 aromatic heterocycles. The largest absolute Gasteiger partial charge is 0.326 e. The van der Waals surface area contributed by atoms with Crippen LogP contribution in [0.3, 0.4) is 0 Å². The summed E-state index contributed by atoms with van der Waals surface area (Å²) in [6.45, 7) is 2.03. The molecule has 0 unspecified atom stereocenters. The zero-order valence-electron chi connectivity index (χ0n) is 15.1. The Morgan fingerprint density at radius 3 is 2.37 bits per heavy atom. The Morgan fingerprint density at radius 2 is 1.70 bits per heavy atom. The van der Waals surface area contributed by atoms with Crippen LogP contribution in [0.5, 0.6) is 0 Å². The molecule has 0 spiro atoms. The Morgan fingerprint density at radius 1 is 1.00 bits per heavy atom. The van der Waals surface area contributed by atoms with Crippen molar-refractivity contribution in [2.24, 2.45) is 5.10 Å². The van der Waals surface area contributed by atoms with Gasteiger partial charge in [0.25, 0.3) is 0 Å². The molecule has 6 nitrogen and oxygen atoms in total. The first-order chi connectivity index (χ1) is 13.0. The predicted molar refractivity (Wildman–Crippen MR) is 104 cm³/mol. The number of carbonyl (C=O) groups excluding carboxylic acids is 3. The molecule has 2 amide bonds. The fraction of sp³-hybridized carbons (Fsp3) is 0.238.